The first-order valence-corrected chi connectivity index (χ1v) is 8.15. The lowest BCUT2D eigenvalue weighted by molar-refractivity contribution is -0.152. The van der Waals surface area contributed by atoms with Crippen LogP contribution in [0.3, 0.4) is 0 Å². The predicted molar refractivity (Wildman–Crippen MR) is 90.4 cm³/mol. The van der Waals surface area contributed by atoms with E-state index in [1.54, 1.807) is 17.6 Å². The molecule has 25 heavy (non-hydrogen) atoms. The highest BCUT2D eigenvalue weighted by atomic mass is 16.6. The molecule has 3 aromatic rings. The summed E-state index contributed by atoms with van der Waals surface area (Å²) in [7, 11) is 0. The van der Waals surface area contributed by atoms with Crippen molar-refractivity contribution in [1.29, 1.82) is 0 Å². The number of aromatic nitrogens is 2. The Balaban J connectivity index is 1.82. The van der Waals surface area contributed by atoms with E-state index in [1.807, 2.05) is 30.3 Å². The van der Waals surface area contributed by atoms with Crippen LogP contribution < -0.4 is 10.3 Å². The fraction of sp³-hybridized carbons (Fsp3) is 0.211. The zero-order chi connectivity index (χ0) is 17.3. The Morgan fingerprint density at radius 3 is 2.88 bits per heavy atom. The number of benzene rings is 1. The summed E-state index contributed by atoms with van der Waals surface area (Å²) in [6, 6.07) is 11.4. The van der Waals surface area contributed by atoms with E-state index in [9.17, 15) is 14.7 Å². The number of fused-ring (bicyclic) bond motifs is 5. The fourth-order valence-corrected chi connectivity index (χ4v) is 3.68. The van der Waals surface area contributed by atoms with Crippen LogP contribution in [0.5, 0.6) is 5.75 Å². The molecule has 2 aliphatic rings. The molecule has 0 unspecified atom stereocenters. The molecule has 0 radical (unpaired) electrons. The van der Waals surface area contributed by atoms with Gasteiger partial charge in [0.25, 0.3) is 5.56 Å². The summed E-state index contributed by atoms with van der Waals surface area (Å²) in [5.74, 6) is -0.867. The van der Waals surface area contributed by atoms with Gasteiger partial charge in [-0.15, -0.1) is 0 Å². The van der Waals surface area contributed by atoms with E-state index in [0.717, 1.165) is 16.5 Å². The zero-order valence-electron chi connectivity index (χ0n) is 13.4. The van der Waals surface area contributed by atoms with E-state index < -0.39 is 17.1 Å². The van der Waals surface area contributed by atoms with Crippen LogP contribution in [-0.4, -0.2) is 20.6 Å². The van der Waals surface area contributed by atoms with Crippen molar-refractivity contribution in [3.63, 3.8) is 0 Å². The third kappa shape index (κ3) is 1.69. The number of esters is 1. The van der Waals surface area contributed by atoms with Gasteiger partial charge in [-0.3, -0.25) is 9.36 Å². The second kappa shape index (κ2) is 4.55. The van der Waals surface area contributed by atoms with Crippen molar-refractivity contribution in [1.82, 2.24) is 9.55 Å². The molecule has 0 aliphatic carbocycles. The molecule has 4 heterocycles. The Kier molecular flexibility index (Phi) is 2.61. The minimum absolute atomic E-state index is 0.0736. The number of nitrogens with zero attached hydrogens (tertiary/aromatic N) is 2. The van der Waals surface area contributed by atoms with Gasteiger partial charge in [0.05, 0.1) is 23.4 Å². The van der Waals surface area contributed by atoms with Crippen molar-refractivity contribution in [2.45, 2.75) is 25.5 Å². The maximum absolute atomic E-state index is 12.8. The van der Waals surface area contributed by atoms with Crippen molar-refractivity contribution >= 4 is 16.9 Å². The summed E-state index contributed by atoms with van der Waals surface area (Å²) in [6.07, 6.45) is 0.139. The van der Waals surface area contributed by atoms with Gasteiger partial charge in [0.15, 0.2) is 5.60 Å². The molecule has 0 fully saturated rings. The summed E-state index contributed by atoms with van der Waals surface area (Å²) in [5, 5.41) is 11.7. The van der Waals surface area contributed by atoms with Crippen LogP contribution >= 0.6 is 0 Å². The first-order chi connectivity index (χ1) is 12.0. The number of aliphatic hydroxyl groups is 1. The summed E-state index contributed by atoms with van der Waals surface area (Å²) >= 11 is 0. The Morgan fingerprint density at radius 1 is 1.28 bits per heavy atom. The topological polar surface area (TPSA) is 81.4 Å². The molecular formula is C19H14N2O4. The van der Waals surface area contributed by atoms with Gasteiger partial charge in [-0.25, -0.2) is 9.78 Å². The second-order valence-electron chi connectivity index (χ2n) is 6.46. The highest BCUT2D eigenvalue weighted by molar-refractivity contribution is 5.90. The summed E-state index contributed by atoms with van der Waals surface area (Å²) < 4.78 is 6.65. The maximum atomic E-state index is 12.8. The van der Waals surface area contributed by atoms with Crippen LogP contribution in [-0.2, 0) is 16.9 Å². The lowest BCUT2D eigenvalue weighted by atomic mass is 9.92. The lowest BCUT2D eigenvalue weighted by Gasteiger charge is -2.16. The number of pyridine rings is 2. The fourth-order valence-electron chi connectivity index (χ4n) is 3.68. The average Bonchev–Trinajstić information content (AvgIpc) is 3.10. The van der Waals surface area contributed by atoms with E-state index in [0.29, 0.717) is 17.9 Å². The highest BCUT2D eigenvalue weighted by Crippen LogP contribution is 2.42. The smallest absolute Gasteiger partial charge is 0.348 e. The third-order valence-electron chi connectivity index (χ3n) is 5.12. The molecule has 5 rings (SSSR count). The van der Waals surface area contributed by atoms with Gasteiger partial charge in [0.1, 0.15) is 0 Å². The number of rotatable bonds is 1. The predicted octanol–water partition coefficient (Wildman–Crippen LogP) is 1.94. The first kappa shape index (κ1) is 14.4. The van der Waals surface area contributed by atoms with Gasteiger partial charge in [0.2, 0.25) is 5.75 Å². The summed E-state index contributed by atoms with van der Waals surface area (Å²) in [4.78, 5) is 29.5. The van der Waals surface area contributed by atoms with Crippen LogP contribution in [0.25, 0.3) is 22.3 Å². The molecule has 6 nitrogen and oxygen atoms in total. The zero-order valence-corrected chi connectivity index (χ0v) is 13.4. The van der Waals surface area contributed by atoms with Crippen LogP contribution in [0.1, 0.15) is 24.5 Å². The van der Waals surface area contributed by atoms with E-state index in [-0.39, 0.29) is 17.7 Å². The van der Waals surface area contributed by atoms with Gasteiger partial charge < -0.3 is 9.84 Å². The molecule has 0 saturated carbocycles. The van der Waals surface area contributed by atoms with Crippen LogP contribution in [0, 0.1) is 0 Å². The van der Waals surface area contributed by atoms with Gasteiger partial charge in [0, 0.05) is 16.5 Å². The van der Waals surface area contributed by atoms with E-state index >= 15 is 0 Å². The monoisotopic (exact) mass is 334 g/mol. The van der Waals surface area contributed by atoms with Crippen LogP contribution in [0.4, 0.5) is 0 Å². The van der Waals surface area contributed by atoms with E-state index in [2.05, 4.69) is 4.98 Å². The summed E-state index contributed by atoms with van der Waals surface area (Å²) in [6.45, 7) is 2.05. The van der Waals surface area contributed by atoms with Crippen LogP contribution in [0.2, 0.25) is 0 Å². The average molecular weight is 334 g/mol. The minimum atomic E-state index is -1.77. The van der Waals surface area contributed by atoms with Crippen molar-refractivity contribution in [2.24, 2.45) is 0 Å². The molecule has 2 aromatic heterocycles. The first-order valence-electron chi connectivity index (χ1n) is 8.15. The van der Waals surface area contributed by atoms with Crippen molar-refractivity contribution < 1.29 is 14.6 Å². The quantitative estimate of drug-likeness (QED) is 0.538. The number of hydrogen-bond acceptors (Lipinski definition) is 5. The normalized spacial score (nSPS) is 20.3. The van der Waals surface area contributed by atoms with Gasteiger partial charge in [-0.2, -0.15) is 0 Å². The molecule has 0 amide bonds. The Morgan fingerprint density at radius 2 is 2.08 bits per heavy atom. The molecule has 1 atom stereocenters. The Bertz CT molecular complexity index is 1150. The molecule has 124 valence electrons. The molecular weight excluding hydrogens is 320 g/mol. The highest BCUT2D eigenvalue weighted by Gasteiger charge is 2.49. The Hall–Kier alpha value is -2.99. The number of para-hydroxylation sites is 1. The van der Waals surface area contributed by atoms with Crippen molar-refractivity contribution in [3.05, 3.63) is 57.9 Å². The van der Waals surface area contributed by atoms with Gasteiger partial charge in [-0.1, -0.05) is 25.1 Å². The maximum Gasteiger partial charge on any atom is 0.348 e. The van der Waals surface area contributed by atoms with E-state index in [4.69, 9.17) is 4.74 Å². The van der Waals surface area contributed by atoms with Crippen molar-refractivity contribution in [3.8, 4) is 17.1 Å². The number of hydrogen-bond donors (Lipinski definition) is 1. The number of carbonyl (C=O) groups excluding carboxylic acids is 1. The van der Waals surface area contributed by atoms with Gasteiger partial charge in [-0.05, 0) is 24.6 Å². The van der Waals surface area contributed by atoms with Crippen LogP contribution in [0.15, 0.2) is 41.2 Å². The lowest BCUT2D eigenvalue weighted by Crippen LogP contribution is -2.32. The molecule has 2 aliphatic heterocycles. The summed E-state index contributed by atoms with van der Waals surface area (Å²) in [5.41, 5.74) is 1.13. The number of carbonyl (C=O) groups is 1. The minimum Gasteiger partial charge on any atom is -0.418 e. The molecule has 1 N–H and O–H groups in total. The molecule has 0 saturated heterocycles. The van der Waals surface area contributed by atoms with Gasteiger partial charge >= 0.3 is 5.97 Å². The molecule has 1 aromatic carbocycles. The standard InChI is InChI=1S/C19H14N2O4/c1-2-19(24)12-8-14-15-11(7-10-5-3-4-6-13(10)20-15)9-21(14)17(22)16(12)25-18(19)23/h3-8,24H,2,9H2,1H3/t19-/m0/s1. The van der Waals surface area contributed by atoms with Crippen molar-refractivity contribution in [2.75, 3.05) is 0 Å². The second-order valence-corrected chi connectivity index (χ2v) is 6.46. The molecule has 6 heteroatoms. The SMILES string of the molecule is CC[C@@]1(O)C(=O)Oc2c1cc1n(c2=O)Cc2cc3ccccc3nc2-1. The molecule has 0 spiro atoms. The largest absolute Gasteiger partial charge is 0.418 e. The third-order valence-corrected chi connectivity index (χ3v) is 5.12. The number of ether oxygens (including phenoxy) is 1. The Labute approximate surface area is 142 Å². The molecule has 0 bridgehead atoms. The van der Waals surface area contributed by atoms with E-state index in [1.165, 1.54) is 0 Å².